The second-order valence-electron chi connectivity index (χ2n) is 6.50. The smallest absolute Gasteiger partial charge is 0.0681 e. The molecule has 128 valence electrons. The molecule has 1 fully saturated rings. The molecular weight excluding hydrogens is 300 g/mol. The monoisotopic (exact) mass is 326 g/mol. The summed E-state index contributed by atoms with van der Waals surface area (Å²) in [5, 5.41) is 18.2. The third kappa shape index (κ3) is 4.65. The lowest BCUT2D eigenvalue weighted by molar-refractivity contribution is 0.122. The number of benzene rings is 2. The summed E-state index contributed by atoms with van der Waals surface area (Å²) in [6.45, 7) is 6.49. The fourth-order valence-corrected chi connectivity index (χ4v) is 3.12. The average molecular weight is 326 g/mol. The van der Waals surface area contributed by atoms with Gasteiger partial charge in [-0.05, 0) is 22.3 Å². The number of hydrogen-bond acceptors (Lipinski definition) is 4. The van der Waals surface area contributed by atoms with Gasteiger partial charge in [-0.15, -0.1) is 0 Å². The molecule has 0 atom stereocenters. The summed E-state index contributed by atoms with van der Waals surface area (Å²) < 4.78 is 0. The molecule has 0 unspecified atom stereocenters. The Morgan fingerprint density at radius 2 is 0.833 bits per heavy atom. The van der Waals surface area contributed by atoms with Crippen LogP contribution in [0, 0.1) is 0 Å². The van der Waals surface area contributed by atoms with Crippen molar-refractivity contribution < 1.29 is 10.2 Å². The topological polar surface area (TPSA) is 46.9 Å². The standard InChI is InChI=1S/C20H26N2O2/c23-15-19-5-1-17(2-6-19)13-21-9-11-22(12-10-21)14-18-3-7-20(16-24)8-4-18/h1-8,23-24H,9-16H2. The normalized spacial score (nSPS) is 16.4. The number of nitrogens with zero attached hydrogens (tertiary/aromatic N) is 2. The van der Waals surface area contributed by atoms with Gasteiger partial charge in [0.25, 0.3) is 0 Å². The summed E-state index contributed by atoms with van der Waals surface area (Å²) in [6.07, 6.45) is 0. The first kappa shape index (κ1) is 17.1. The Labute approximate surface area is 144 Å². The largest absolute Gasteiger partial charge is 0.392 e. The van der Waals surface area contributed by atoms with E-state index in [1.165, 1.54) is 11.1 Å². The molecule has 3 rings (SSSR count). The molecule has 2 N–H and O–H groups in total. The van der Waals surface area contributed by atoms with Crippen molar-refractivity contribution in [2.24, 2.45) is 0 Å². The minimum atomic E-state index is 0.109. The van der Waals surface area contributed by atoms with Gasteiger partial charge in [0, 0.05) is 39.3 Å². The first-order valence-electron chi connectivity index (χ1n) is 8.59. The minimum absolute atomic E-state index is 0.109. The van der Waals surface area contributed by atoms with Crippen molar-refractivity contribution in [3.05, 3.63) is 70.8 Å². The van der Waals surface area contributed by atoms with Gasteiger partial charge in [-0.2, -0.15) is 0 Å². The summed E-state index contributed by atoms with van der Waals surface area (Å²) in [7, 11) is 0. The molecule has 0 aromatic heterocycles. The van der Waals surface area contributed by atoms with E-state index in [1.54, 1.807) is 0 Å². The maximum Gasteiger partial charge on any atom is 0.0681 e. The summed E-state index contributed by atoms with van der Waals surface area (Å²) >= 11 is 0. The molecule has 24 heavy (non-hydrogen) atoms. The Morgan fingerprint density at radius 3 is 1.12 bits per heavy atom. The molecule has 4 heteroatoms. The maximum absolute atomic E-state index is 9.10. The van der Waals surface area contributed by atoms with Crippen LogP contribution in [0.2, 0.25) is 0 Å². The van der Waals surface area contributed by atoms with Crippen molar-refractivity contribution in [1.29, 1.82) is 0 Å². The lowest BCUT2D eigenvalue weighted by Crippen LogP contribution is -2.45. The van der Waals surface area contributed by atoms with E-state index in [0.717, 1.165) is 50.4 Å². The molecule has 1 aliphatic rings. The predicted molar refractivity (Wildman–Crippen MR) is 95.3 cm³/mol. The summed E-state index contributed by atoms with van der Waals surface area (Å²) in [6, 6.07) is 16.5. The van der Waals surface area contributed by atoms with E-state index in [4.69, 9.17) is 10.2 Å². The number of rotatable bonds is 6. The molecule has 0 radical (unpaired) electrons. The van der Waals surface area contributed by atoms with E-state index in [9.17, 15) is 0 Å². The van der Waals surface area contributed by atoms with Crippen LogP contribution in [0.1, 0.15) is 22.3 Å². The molecule has 0 amide bonds. The molecule has 0 aliphatic carbocycles. The van der Waals surface area contributed by atoms with Crippen molar-refractivity contribution in [3.63, 3.8) is 0 Å². The van der Waals surface area contributed by atoms with Gasteiger partial charge in [0.05, 0.1) is 13.2 Å². The molecule has 1 aliphatic heterocycles. The molecular formula is C20H26N2O2. The van der Waals surface area contributed by atoms with Crippen molar-refractivity contribution in [2.45, 2.75) is 26.3 Å². The van der Waals surface area contributed by atoms with E-state index in [2.05, 4.69) is 34.1 Å². The summed E-state index contributed by atoms with van der Waals surface area (Å²) in [4.78, 5) is 4.97. The van der Waals surface area contributed by atoms with Crippen LogP contribution in [0.15, 0.2) is 48.5 Å². The summed E-state index contributed by atoms with van der Waals surface area (Å²) in [5.74, 6) is 0. The highest BCUT2D eigenvalue weighted by atomic mass is 16.3. The molecule has 1 saturated heterocycles. The van der Waals surface area contributed by atoms with Crippen LogP contribution >= 0.6 is 0 Å². The number of aliphatic hydroxyl groups excluding tert-OH is 2. The van der Waals surface area contributed by atoms with Crippen LogP contribution in [-0.4, -0.2) is 46.2 Å². The number of aliphatic hydroxyl groups is 2. The highest BCUT2D eigenvalue weighted by Gasteiger charge is 2.17. The van der Waals surface area contributed by atoms with Crippen LogP contribution < -0.4 is 0 Å². The Hall–Kier alpha value is -1.72. The van der Waals surface area contributed by atoms with Crippen LogP contribution in [0.4, 0.5) is 0 Å². The van der Waals surface area contributed by atoms with Crippen molar-refractivity contribution >= 4 is 0 Å². The van der Waals surface area contributed by atoms with Gasteiger partial charge >= 0.3 is 0 Å². The SMILES string of the molecule is OCc1ccc(CN2CCN(Cc3ccc(CO)cc3)CC2)cc1. The molecule has 2 aromatic carbocycles. The Bertz CT molecular complexity index is 560. The van der Waals surface area contributed by atoms with Gasteiger partial charge in [0.1, 0.15) is 0 Å². The van der Waals surface area contributed by atoms with Gasteiger partial charge < -0.3 is 10.2 Å². The first-order chi connectivity index (χ1) is 11.8. The van der Waals surface area contributed by atoms with Crippen LogP contribution in [0.25, 0.3) is 0 Å². The second-order valence-corrected chi connectivity index (χ2v) is 6.50. The van der Waals surface area contributed by atoms with Crippen LogP contribution in [0.3, 0.4) is 0 Å². The van der Waals surface area contributed by atoms with E-state index in [-0.39, 0.29) is 13.2 Å². The minimum Gasteiger partial charge on any atom is -0.392 e. The van der Waals surface area contributed by atoms with Crippen molar-refractivity contribution in [2.75, 3.05) is 26.2 Å². The summed E-state index contributed by atoms with van der Waals surface area (Å²) in [5.41, 5.74) is 4.55. The lowest BCUT2D eigenvalue weighted by Gasteiger charge is -2.34. The van der Waals surface area contributed by atoms with Crippen molar-refractivity contribution in [3.8, 4) is 0 Å². The molecule has 0 spiro atoms. The zero-order valence-electron chi connectivity index (χ0n) is 14.1. The third-order valence-corrected chi connectivity index (χ3v) is 4.69. The Balaban J connectivity index is 1.46. The zero-order valence-corrected chi connectivity index (χ0v) is 14.1. The third-order valence-electron chi connectivity index (χ3n) is 4.69. The molecule has 4 nitrogen and oxygen atoms in total. The lowest BCUT2D eigenvalue weighted by atomic mass is 10.1. The average Bonchev–Trinajstić information content (AvgIpc) is 2.65. The van der Waals surface area contributed by atoms with Gasteiger partial charge in [-0.1, -0.05) is 48.5 Å². The van der Waals surface area contributed by atoms with Crippen LogP contribution in [0.5, 0.6) is 0 Å². The molecule has 2 aromatic rings. The second kappa shape index (κ2) is 8.40. The van der Waals surface area contributed by atoms with Crippen molar-refractivity contribution in [1.82, 2.24) is 9.80 Å². The maximum atomic E-state index is 9.10. The van der Waals surface area contributed by atoms with Gasteiger partial charge in [0.15, 0.2) is 0 Å². The fraction of sp³-hybridized carbons (Fsp3) is 0.400. The highest BCUT2D eigenvalue weighted by molar-refractivity contribution is 5.23. The van der Waals surface area contributed by atoms with E-state index in [0.29, 0.717) is 0 Å². The number of hydrogen-bond donors (Lipinski definition) is 2. The van der Waals surface area contributed by atoms with Gasteiger partial charge in [-0.3, -0.25) is 9.80 Å². The van der Waals surface area contributed by atoms with E-state index >= 15 is 0 Å². The quantitative estimate of drug-likeness (QED) is 0.852. The molecule has 0 saturated carbocycles. The molecule has 0 bridgehead atoms. The van der Waals surface area contributed by atoms with E-state index < -0.39 is 0 Å². The Kier molecular flexibility index (Phi) is 5.99. The molecule has 1 heterocycles. The van der Waals surface area contributed by atoms with Crippen LogP contribution in [-0.2, 0) is 26.3 Å². The first-order valence-corrected chi connectivity index (χ1v) is 8.59. The van der Waals surface area contributed by atoms with Gasteiger partial charge in [0.2, 0.25) is 0 Å². The Morgan fingerprint density at radius 1 is 0.542 bits per heavy atom. The predicted octanol–water partition coefficient (Wildman–Crippen LogP) is 1.99. The zero-order chi connectivity index (χ0) is 16.8. The number of piperazine rings is 1. The van der Waals surface area contributed by atoms with Gasteiger partial charge in [-0.25, -0.2) is 0 Å². The highest BCUT2D eigenvalue weighted by Crippen LogP contribution is 2.13. The van der Waals surface area contributed by atoms with E-state index in [1.807, 2.05) is 24.3 Å². The fourth-order valence-electron chi connectivity index (χ4n) is 3.12.